The lowest BCUT2D eigenvalue weighted by Crippen LogP contribution is -2.34. The molecule has 11 heteroatoms. The van der Waals surface area contributed by atoms with Gasteiger partial charge in [0.15, 0.2) is 0 Å². The van der Waals surface area contributed by atoms with E-state index in [9.17, 15) is 22.8 Å². The van der Waals surface area contributed by atoms with Crippen LogP contribution in [-0.4, -0.2) is 24.0 Å². The highest BCUT2D eigenvalue weighted by Crippen LogP contribution is 2.20. The summed E-state index contributed by atoms with van der Waals surface area (Å²) in [5.41, 5.74) is -0.164. The minimum absolute atomic E-state index is 0.0248. The lowest BCUT2D eigenvalue weighted by Gasteiger charge is -2.11. The monoisotopic (exact) mass is 470 g/mol. The number of nitrogens with one attached hydrogen (secondary N) is 3. The van der Waals surface area contributed by atoms with Gasteiger partial charge in [-0.15, -0.1) is 0 Å². The Hall–Kier alpha value is -3.89. The van der Waals surface area contributed by atoms with Crippen LogP contribution in [0.4, 0.5) is 10.5 Å². The predicted octanol–water partition coefficient (Wildman–Crippen LogP) is 2.84. The zero-order valence-corrected chi connectivity index (χ0v) is 17.8. The number of hydrogen-bond acceptors (Lipinski definition) is 5. The predicted molar refractivity (Wildman–Crippen MR) is 121 cm³/mol. The number of rotatable bonds is 4. The summed E-state index contributed by atoms with van der Waals surface area (Å²) in [5.74, 6) is 0. The third kappa shape index (κ3) is 4.13. The summed E-state index contributed by atoms with van der Waals surface area (Å²) in [5, 5.41) is 2.70. The summed E-state index contributed by atoms with van der Waals surface area (Å²) < 4.78 is 27.5. The van der Waals surface area contributed by atoms with Crippen LogP contribution in [0.1, 0.15) is 0 Å². The van der Waals surface area contributed by atoms with E-state index in [1.807, 2.05) is 4.72 Å². The molecule has 0 radical (unpaired) electrons. The van der Waals surface area contributed by atoms with Crippen molar-refractivity contribution in [2.45, 2.75) is 4.90 Å². The summed E-state index contributed by atoms with van der Waals surface area (Å²) >= 11 is 5.88. The van der Waals surface area contributed by atoms with Crippen molar-refractivity contribution < 1.29 is 13.2 Å². The van der Waals surface area contributed by atoms with Crippen LogP contribution in [0.5, 0.6) is 0 Å². The fourth-order valence-electron chi connectivity index (χ4n) is 3.09. The lowest BCUT2D eigenvalue weighted by atomic mass is 10.2. The van der Waals surface area contributed by atoms with E-state index in [0.29, 0.717) is 10.9 Å². The van der Waals surface area contributed by atoms with Gasteiger partial charge in [-0.1, -0.05) is 35.9 Å². The van der Waals surface area contributed by atoms with Crippen molar-refractivity contribution in [3.8, 4) is 5.69 Å². The number of nitrogens with zero attached hydrogens (tertiary/aromatic N) is 1. The molecule has 0 unspecified atom stereocenters. The summed E-state index contributed by atoms with van der Waals surface area (Å²) in [6, 6.07) is 17.1. The number of aromatic nitrogens is 2. The second kappa shape index (κ2) is 8.33. The van der Waals surface area contributed by atoms with Crippen molar-refractivity contribution in [2.24, 2.45) is 0 Å². The average Bonchev–Trinajstić information content (AvgIpc) is 2.74. The molecule has 1 aromatic heterocycles. The molecule has 0 aliphatic heterocycles. The minimum atomic E-state index is -4.18. The standard InChI is InChI=1S/C21H15ClN4O5S/c22-16-6-2-4-8-18(16)32(30,31)25-20(28)23-13-9-11-14(12-10-13)26-19(27)15-5-1-3-7-17(15)24-21(26)29/h1-12H,(H,24,29)(H2,23,25,28). The summed E-state index contributed by atoms with van der Waals surface area (Å²) in [7, 11) is -4.18. The van der Waals surface area contributed by atoms with E-state index in [1.54, 1.807) is 30.3 Å². The Balaban J connectivity index is 1.56. The molecule has 0 bridgehead atoms. The third-order valence-corrected chi connectivity index (χ3v) is 6.37. The Kier molecular flexibility index (Phi) is 5.56. The molecule has 0 aliphatic rings. The molecule has 162 valence electrons. The van der Waals surface area contributed by atoms with Gasteiger partial charge in [-0.2, -0.15) is 0 Å². The highest BCUT2D eigenvalue weighted by atomic mass is 35.5. The summed E-state index contributed by atoms with van der Waals surface area (Å²) in [4.78, 5) is 39.7. The Morgan fingerprint density at radius 3 is 2.28 bits per heavy atom. The van der Waals surface area contributed by atoms with Crippen LogP contribution in [0.3, 0.4) is 0 Å². The molecule has 1 heterocycles. The van der Waals surface area contributed by atoms with Gasteiger partial charge in [0.2, 0.25) is 0 Å². The largest absolute Gasteiger partial charge is 0.333 e. The first-order valence-corrected chi connectivity index (χ1v) is 11.1. The average molecular weight is 471 g/mol. The molecule has 3 aromatic carbocycles. The van der Waals surface area contributed by atoms with Gasteiger partial charge in [-0.25, -0.2) is 27.3 Å². The zero-order chi connectivity index (χ0) is 22.9. The molecule has 0 saturated heterocycles. The first kappa shape index (κ1) is 21.3. The number of sulfonamides is 1. The molecule has 32 heavy (non-hydrogen) atoms. The van der Waals surface area contributed by atoms with Gasteiger partial charge in [0, 0.05) is 5.69 Å². The van der Waals surface area contributed by atoms with Crippen LogP contribution in [0.15, 0.2) is 87.3 Å². The van der Waals surface area contributed by atoms with E-state index in [-0.39, 0.29) is 21.3 Å². The Morgan fingerprint density at radius 2 is 1.56 bits per heavy atom. The number of hydrogen-bond donors (Lipinski definition) is 3. The van der Waals surface area contributed by atoms with Crippen molar-refractivity contribution in [3.05, 3.63) is 98.7 Å². The van der Waals surface area contributed by atoms with E-state index in [1.165, 1.54) is 42.5 Å². The Bertz CT molecular complexity index is 1560. The number of H-pyrrole nitrogens is 1. The maximum atomic E-state index is 12.7. The zero-order valence-electron chi connectivity index (χ0n) is 16.2. The van der Waals surface area contributed by atoms with E-state index in [4.69, 9.17) is 11.6 Å². The number of amides is 2. The van der Waals surface area contributed by atoms with Gasteiger partial charge < -0.3 is 10.3 Å². The molecule has 0 aliphatic carbocycles. The van der Waals surface area contributed by atoms with Crippen LogP contribution in [0.25, 0.3) is 16.6 Å². The molecule has 3 N–H and O–H groups in total. The van der Waals surface area contributed by atoms with Crippen molar-refractivity contribution in [3.63, 3.8) is 0 Å². The first-order chi connectivity index (χ1) is 15.3. The number of halogens is 1. The van der Waals surface area contributed by atoms with Gasteiger partial charge in [-0.05, 0) is 48.5 Å². The summed E-state index contributed by atoms with van der Waals surface area (Å²) in [6.45, 7) is 0. The Labute approximate surface area is 186 Å². The Morgan fingerprint density at radius 1 is 0.906 bits per heavy atom. The number of aromatic amines is 1. The maximum Gasteiger partial charge on any atom is 0.333 e. The van der Waals surface area contributed by atoms with E-state index in [0.717, 1.165) is 4.57 Å². The highest BCUT2D eigenvalue weighted by Gasteiger charge is 2.20. The molecule has 2 amide bonds. The van der Waals surface area contributed by atoms with E-state index in [2.05, 4.69) is 10.3 Å². The number of carbonyl (C=O) groups is 1. The third-order valence-electron chi connectivity index (χ3n) is 4.54. The molecule has 0 atom stereocenters. The molecule has 9 nitrogen and oxygen atoms in total. The van der Waals surface area contributed by atoms with Gasteiger partial charge in [0.05, 0.1) is 21.6 Å². The lowest BCUT2D eigenvalue weighted by molar-refractivity contribution is 0.256. The van der Waals surface area contributed by atoms with Crippen LogP contribution >= 0.6 is 11.6 Å². The molecule has 4 rings (SSSR count). The summed E-state index contributed by atoms with van der Waals surface area (Å²) in [6.07, 6.45) is 0. The number of fused-ring (bicyclic) bond motifs is 1. The van der Waals surface area contributed by atoms with Crippen LogP contribution in [-0.2, 0) is 10.0 Å². The topological polar surface area (TPSA) is 130 Å². The van der Waals surface area contributed by atoms with Crippen molar-refractivity contribution in [1.29, 1.82) is 0 Å². The maximum absolute atomic E-state index is 12.7. The number of benzene rings is 3. The normalized spacial score (nSPS) is 11.3. The van der Waals surface area contributed by atoms with Gasteiger partial charge >= 0.3 is 11.7 Å². The van der Waals surface area contributed by atoms with Gasteiger partial charge in [0.1, 0.15) is 4.90 Å². The van der Waals surface area contributed by atoms with Crippen molar-refractivity contribution in [2.75, 3.05) is 5.32 Å². The number of carbonyl (C=O) groups excluding carboxylic acids is 1. The van der Waals surface area contributed by atoms with Gasteiger partial charge in [-0.3, -0.25) is 4.79 Å². The molecule has 0 fully saturated rings. The highest BCUT2D eigenvalue weighted by molar-refractivity contribution is 7.90. The van der Waals surface area contributed by atoms with Crippen LogP contribution in [0, 0.1) is 0 Å². The van der Waals surface area contributed by atoms with Crippen molar-refractivity contribution in [1.82, 2.24) is 14.3 Å². The number of urea groups is 1. The first-order valence-electron chi connectivity index (χ1n) is 9.19. The molecule has 0 spiro atoms. The second-order valence-electron chi connectivity index (χ2n) is 6.65. The smallest absolute Gasteiger partial charge is 0.307 e. The van der Waals surface area contributed by atoms with Crippen molar-refractivity contribution >= 4 is 44.2 Å². The van der Waals surface area contributed by atoms with Gasteiger partial charge in [0.25, 0.3) is 15.6 Å². The fraction of sp³-hybridized carbons (Fsp3) is 0. The van der Waals surface area contributed by atoms with Crippen LogP contribution < -0.4 is 21.3 Å². The molecule has 0 saturated carbocycles. The molecular weight excluding hydrogens is 456 g/mol. The second-order valence-corrected chi connectivity index (χ2v) is 8.71. The molecular formula is C21H15ClN4O5S. The molecule has 4 aromatic rings. The minimum Gasteiger partial charge on any atom is -0.307 e. The SMILES string of the molecule is O=C(Nc1ccc(-n2c(=O)[nH]c3ccccc3c2=O)cc1)NS(=O)(=O)c1ccccc1Cl. The van der Waals surface area contributed by atoms with E-state index >= 15 is 0 Å². The van der Waals surface area contributed by atoms with E-state index < -0.39 is 27.3 Å². The van der Waals surface area contributed by atoms with Crippen LogP contribution in [0.2, 0.25) is 5.02 Å². The fourth-order valence-corrected chi connectivity index (χ4v) is 4.52. The number of anilines is 1. The number of para-hydroxylation sites is 1. The quantitative estimate of drug-likeness (QED) is 0.422.